The topological polar surface area (TPSA) is 3.24 Å². The maximum atomic E-state index is 2.68. The van der Waals surface area contributed by atoms with Gasteiger partial charge in [0.15, 0.2) is 0 Å². The van der Waals surface area contributed by atoms with Crippen molar-refractivity contribution in [2.45, 2.75) is 58.0 Å². The van der Waals surface area contributed by atoms with Crippen LogP contribution >= 0.6 is 0 Å². The van der Waals surface area contributed by atoms with Crippen molar-refractivity contribution in [3.8, 4) is 0 Å². The summed E-state index contributed by atoms with van der Waals surface area (Å²) in [7, 11) is -0.513. The molecule has 0 aromatic heterocycles. The minimum atomic E-state index is -0.513. The van der Waals surface area contributed by atoms with E-state index in [4.69, 9.17) is 0 Å². The van der Waals surface area contributed by atoms with Crippen LogP contribution in [-0.4, -0.2) is 33.3 Å². The molecule has 0 aromatic rings. The van der Waals surface area contributed by atoms with Crippen LogP contribution in [0.3, 0.4) is 0 Å². The minimum absolute atomic E-state index is 0.513. The van der Waals surface area contributed by atoms with Gasteiger partial charge in [-0.2, -0.15) is 0 Å². The second-order valence-electron chi connectivity index (χ2n) is 5.12. The van der Waals surface area contributed by atoms with Crippen molar-refractivity contribution < 1.29 is 0 Å². The number of nitrogens with zero attached hydrogens (tertiary/aromatic N) is 1. The lowest BCUT2D eigenvalue weighted by atomic mass is 10.1. The zero-order valence-corrected chi connectivity index (χ0v) is 12.4. The van der Waals surface area contributed by atoms with Gasteiger partial charge in [0.2, 0.25) is 0 Å². The fourth-order valence-corrected chi connectivity index (χ4v) is 5.41. The van der Waals surface area contributed by atoms with Gasteiger partial charge < -0.3 is 4.90 Å². The Balaban J connectivity index is 2.11. The first-order chi connectivity index (χ1) is 7.86. The maximum Gasteiger partial charge on any atom is 0.0611 e. The Hall–Kier alpha value is -0.0831. The summed E-state index contributed by atoms with van der Waals surface area (Å²) < 4.78 is 0. The lowest BCUT2D eigenvalue weighted by Crippen LogP contribution is -2.31. The van der Waals surface area contributed by atoms with E-state index in [1.165, 1.54) is 63.8 Å². The number of hydrogen-bond acceptors (Lipinski definition) is 1. The van der Waals surface area contributed by atoms with E-state index in [1.54, 1.807) is 0 Å². The second kappa shape index (κ2) is 9.00. The van der Waals surface area contributed by atoms with Crippen LogP contribution in [0.4, 0.5) is 0 Å². The smallest absolute Gasteiger partial charge is 0.0611 e. The molecule has 1 saturated heterocycles. The Morgan fingerprint density at radius 3 is 2.50 bits per heavy atom. The maximum absolute atomic E-state index is 2.68. The Kier molecular flexibility index (Phi) is 7.86. The van der Waals surface area contributed by atoms with Gasteiger partial charge in [-0.15, -0.1) is 5.70 Å². The zero-order chi connectivity index (χ0) is 11.6. The Labute approximate surface area is 104 Å². The summed E-state index contributed by atoms with van der Waals surface area (Å²) in [6.07, 6.45) is 9.44. The normalized spacial score (nSPS) is 20.4. The molecular formula is C14H29NSi. The number of piperidine rings is 1. The third kappa shape index (κ3) is 5.85. The van der Waals surface area contributed by atoms with Crippen molar-refractivity contribution in [2.75, 3.05) is 19.6 Å². The lowest BCUT2D eigenvalue weighted by molar-refractivity contribution is 0.229. The molecule has 2 heteroatoms. The summed E-state index contributed by atoms with van der Waals surface area (Å²) in [5.74, 6) is 0. The molecule has 1 fully saturated rings. The third-order valence-electron chi connectivity index (χ3n) is 3.62. The van der Waals surface area contributed by atoms with Crippen LogP contribution < -0.4 is 0 Å². The zero-order valence-electron chi connectivity index (χ0n) is 11.3. The fourth-order valence-electron chi connectivity index (χ4n) is 2.74. The molecule has 0 N–H and O–H groups in total. The van der Waals surface area contributed by atoms with Crippen LogP contribution in [0.2, 0.25) is 12.1 Å². The summed E-state index contributed by atoms with van der Waals surface area (Å²) in [4.78, 5) is 2.68. The van der Waals surface area contributed by atoms with Crippen molar-refractivity contribution in [1.29, 1.82) is 0 Å². The molecule has 1 aliphatic rings. The Morgan fingerprint density at radius 1 is 1.12 bits per heavy atom. The molecule has 94 valence electrons. The predicted molar refractivity (Wildman–Crippen MR) is 76.8 cm³/mol. The van der Waals surface area contributed by atoms with E-state index in [1.807, 2.05) is 0 Å². The van der Waals surface area contributed by atoms with Gasteiger partial charge in [-0.1, -0.05) is 37.9 Å². The van der Waals surface area contributed by atoms with Gasteiger partial charge in [0, 0.05) is 0 Å². The van der Waals surface area contributed by atoms with Crippen molar-refractivity contribution >= 4 is 8.80 Å². The summed E-state index contributed by atoms with van der Waals surface area (Å²) in [5.41, 5.74) is 2.54. The molecule has 0 amide bonds. The van der Waals surface area contributed by atoms with E-state index >= 15 is 0 Å². The molecule has 1 nitrogen and oxygen atoms in total. The van der Waals surface area contributed by atoms with Gasteiger partial charge in [-0.05, 0) is 45.8 Å². The van der Waals surface area contributed by atoms with Gasteiger partial charge in [-0.25, -0.2) is 0 Å². The number of hydrogen-bond donors (Lipinski definition) is 0. The molecule has 1 unspecified atom stereocenters. The predicted octanol–water partition coefficient (Wildman–Crippen LogP) is 3.61. The largest absolute Gasteiger partial charge is 0.303 e. The molecule has 1 heterocycles. The fraction of sp³-hybridized carbons (Fsp3) is 0.857. The van der Waals surface area contributed by atoms with Crippen LogP contribution in [0.15, 0.2) is 11.8 Å². The minimum Gasteiger partial charge on any atom is -0.303 e. The molecule has 1 atom stereocenters. The standard InChI is InChI=1S/C14H29NSi/c1-3-12-16(13-4-2)14-8-11-15-9-6-5-7-10-15/h3,12,16H,4-11,13-14H2,1-2H3. The van der Waals surface area contributed by atoms with E-state index in [0.717, 1.165) is 0 Å². The number of allylic oxidation sites excluding steroid dienone is 1. The quantitative estimate of drug-likeness (QED) is 0.613. The van der Waals surface area contributed by atoms with Gasteiger partial charge in [-0.3, -0.25) is 0 Å². The van der Waals surface area contributed by atoms with Crippen LogP contribution in [0.1, 0.15) is 46.0 Å². The van der Waals surface area contributed by atoms with Crippen LogP contribution in [0.25, 0.3) is 0 Å². The molecule has 0 aliphatic carbocycles. The lowest BCUT2D eigenvalue weighted by Gasteiger charge is -2.26. The summed E-state index contributed by atoms with van der Waals surface area (Å²) >= 11 is 0. The SMILES string of the molecule is CC=C[SiH](CCC)CCCN1CCCCC1. The molecule has 1 rings (SSSR count). The van der Waals surface area contributed by atoms with Gasteiger partial charge in [0.05, 0.1) is 8.80 Å². The molecule has 0 spiro atoms. The van der Waals surface area contributed by atoms with Crippen molar-refractivity contribution in [3.63, 3.8) is 0 Å². The van der Waals surface area contributed by atoms with Crippen molar-refractivity contribution in [1.82, 2.24) is 4.90 Å². The third-order valence-corrected chi connectivity index (χ3v) is 7.02. The second-order valence-corrected chi connectivity index (χ2v) is 8.18. The monoisotopic (exact) mass is 239 g/mol. The van der Waals surface area contributed by atoms with E-state index < -0.39 is 8.80 Å². The van der Waals surface area contributed by atoms with Crippen molar-refractivity contribution in [2.24, 2.45) is 0 Å². The molecule has 0 saturated carbocycles. The first kappa shape index (κ1) is 14.0. The Morgan fingerprint density at radius 2 is 1.88 bits per heavy atom. The highest BCUT2D eigenvalue weighted by Crippen LogP contribution is 2.12. The molecule has 0 aromatic carbocycles. The van der Waals surface area contributed by atoms with E-state index in [2.05, 4.69) is 30.5 Å². The number of rotatable bonds is 7. The van der Waals surface area contributed by atoms with Crippen LogP contribution in [0.5, 0.6) is 0 Å². The molecule has 1 aliphatic heterocycles. The highest BCUT2D eigenvalue weighted by Gasteiger charge is 2.11. The average molecular weight is 239 g/mol. The first-order valence-electron chi connectivity index (χ1n) is 7.22. The van der Waals surface area contributed by atoms with E-state index in [0.29, 0.717) is 0 Å². The van der Waals surface area contributed by atoms with E-state index in [-0.39, 0.29) is 0 Å². The molecule has 0 bridgehead atoms. The molecule has 16 heavy (non-hydrogen) atoms. The van der Waals surface area contributed by atoms with Crippen LogP contribution in [0, 0.1) is 0 Å². The first-order valence-corrected chi connectivity index (χ1v) is 9.52. The Bertz CT molecular complexity index is 185. The molecular weight excluding hydrogens is 210 g/mol. The highest BCUT2D eigenvalue weighted by atomic mass is 28.3. The summed E-state index contributed by atoms with van der Waals surface area (Å²) in [5, 5.41) is 0. The van der Waals surface area contributed by atoms with Crippen molar-refractivity contribution in [3.05, 3.63) is 11.8 Å². The highest BCUT2D eigenvalue weighted by molar-refractivity contribution is 6.64. The summed E-state index contributed by atoms with van der Waals surface area (Å²) in [6.45, 7) is 8.60. The van der Waals surface area contributed by atoms with Gasteiger partial charge >= 0.3 is 0 Å². The summed E-state index contributed by atoms with van der Waals surface area (Å²) in [6, 6.07) is 3.03. The van der Waals surface area contributed by atoms with E-state index in [9.17, 15) is 0 Å². The molecule has 0 radical (unpaired) electrons. The van der Waals surface area contributed by atoms with Gasteiger partial charge in [0.25, 0.3) is 0 Å². The number of likely N-dealkylation sites (tertiary alicyclic amines) is 1. The average Bonchev–Trinajstić information content (AvgIpc) is 2.31. The van der Waals surface area contributed by atoms with Gasteiger partial charge in [0.1, 0.15) is 0 Å². The van der Waals surface area contributed by atoms with Crippen LogP contribution in [-0.2, 0) is 0 Å².